The predicted molar refractivity (Wildman–Crippen MR) is 113 cm³/mol. The number of hydrogen-bond acceptors (Lipinski definition) is 5. The first-order valence-electron chi connectivity index (χ1n) is 9.97. The lowest BCUT2D eigenvalue weighted by Crippen LogP contribution is -2.40. The van der Waals surface area contributed by atoms with Gasteiger partial charge in [0.2, 0.25) is 0 Å². The standard InChI is InChI=1S/C22H28N2O4S/c1-3-18(15-17-9-5-4-6-10-17)29(26,27)19-11-12-21(28-2)20(16-19)22(25)23-24-13-7-8-14-24/h4-6,9-12,16,18H,3,7-8,13-15H2,1-2H3,(H,23,25). The van der Waals surface area contributed by atoms with Gasteiger partial charge in [-0.3, -0.25) is 10.2 Å². The summed E-state index contributed by atoms with van der Waals surface area (Å²) in [7, 11) is -2.13. The molecule has 1 amide bonds. The van der Waals surface area contributed by atoms with Gasteiger partial charge in [-0.25, -0.2) is 13.4 Å². The fraction of sp³-hybridized carbons (Fsp3) is 0.409. The summed E-state index contributed by atoms with van der Waals surface area (Å²) in [4.78, 5) is 12.9. The minimum atomic E-state index is -3.61. The molecule has 6 nitrogen and oxygen atoms in total. The molecular weight excluding hydrogens is 388 g/mol. The molecule has 2 aromatic carbocycles. The zero-order valence-electron chi connectivity index (χ0n) is 16.9. The lowest BCUT2D eigenvalue weighted by molar-refractivity contribution is 0.0822. The number of benzene rings is 2. The van der Waals surface area contributed by atoms with Gasteiger partial charge in [-0.1, -0.05) is 37.3 Å². The van der Waals surface area contributed by atoms with Crippen molar-refractivity contribution in [2.24, 2.45) is 0 Å². The second kappa shape index (κ2) is 9.41. The molecule has 0 saturated carbocycles. The van der Waals surface area contributed by atoms with E-state index >= 15 is 0 Å². The Labute approximate surface area is 172 Å². The van der Waals surface area contributed by atoms with E-state index in [1.54, 1.807) is 6.07 Å². The van der Waals surface area contributed by atoms with Crippen molar-refractivity contribution in [3.05, 3.63) is 59.7 Å². The third-order valence-electron chi connectivity index (χ3n) is 5.31. The van der Waals surface area contributed by atoms with Gasteiger partial charge < -0.3 is 4.74 Å². The van der Waals surface area contributed by atoms with E-state index < -0.39 is 15.1 Å². The molecule has 0 radical (unpaired) electrons. The van der Waals surface area contributed by atoms with E-state index in [2.05, 4.69) is 5.43 Å². The molecule has 1 heterocycles. The van der Waals surface area contributed by atoms with Crippen LogP contribution in [0, 0.1) is 0 Å². The van der Waals surface area contributed by atoms with Gasteiger partial charge in [0.25, 0.3) is 5.91 Å². The smallest absolute Gasteiger partial charge is 0.269 e. The summed E-state index contributed by atoms with van der Waals surface area (Å²) in [5, 5.41) is 1.29. The first-order chi connectivity index (χ1) is 14.0. The average molecular weight is 417 g/mol. The number of ether oxygens (including phenoxy) is 1. The van der Waals surface area contributed by atoms with Gasteiger partial charge in [0, 0.05) is 13.1 Å². The van der Waals surface area contributed by atoms with E-state index in [0.717, 1.165) is 31.5 Å². The van der Waals surface area contributed by atoms with Crippen LogP contribution in [0.2, 0.25) is 0 Å². The molecule has 1 aliphatic heterocycles. The molecular formula is C22H28N2O4S. The van der Waals surface area contributed by atoms with E-state index in [1.807, 2.05) is 42.3 Å². The Kier molecular flexibility index (Phi) is 6.92. The SMILES string of the molecule is CCC(Cc1ccccc1)S(=O)(=O)c1ccc(OC)c(C(=O)NN2CCCC2)c1. The second-order valence-electron chi connectivity index (χ2n) is 7.26. The van der Waals surface area contributed by atoms with Gasteiger partial charge in [-0.15, -0.1) is 0 Å². The molecule has 1 atom stereocenters. The van der Waals surface area contributed by atoms with Crippen molar-refractivity contribution in [3.8, 4) is 5.75 Å². The summed E-state index contributed by atoms with van der Waals surface area (Å²) in [6, 6.07) is 14.1. The van der Waals surface area contributed by atoms with Crippen molar-refractivity contribution in [3.63, 3.8) is 0 Å². The quantitative estimate of drug-likeness (QED) is 0.715. The number of amides is 1. The van der Waals surface area contributed by atoms with Gasteiger partial charge in [-0.05, 0) is 49.4 Å². The lowest BCUT2D eigenvalue weighted by atomic mass is 10.1. The summed E-state index contributed by atoms with van der Waals surface area (Å²) >= 11 is 0. The molecule has 29 heavy (non-hydrogen) atoms. The van der Waals surface area contributed by atoms with Gasteiger partial charge >= 0.3 is 0 Å². The maximum absolute atomic E-state index is 13.3. The highest BCUT2D eigenvalue weighted by Crippen LogP contribution is 2.27. The Hall–Kier alpha value is -2.38. The molecule has 0 bridgehead atoms. The second-order valence-corrected chi connectivity index (χ2v) is 9.49. The number of rotatable bonds is 8. The number of carbonyl (C=O) groups excluding carboxylic acids is 1. The predicted octanol–water partition coefficient (Wildman–Crippen LogP) is 3.23. The highest BCUT2D eigenvalue weighted by atomic mass is 32.2. The molecule has 1 aliphatic rings. The molecule has 3 rings (SSSR count). The number of hydrogen-bond donors (Lipinski definition) is 1. The third kappa shape index (κ3) is 4.97. The summed E-state index contributed by atoms with van der Waals surface area (Å²) in [6.45, 7) is 3.46. The number of methoxy groups -OCH3 is 1. The Morgan fingerprint density at radius 2 is 1.83 bits per heavy atom. The van der Waals surface area contributed by atoms with Crippen LogP contribution in [0.1, 0.15) is 42.1 Å². The molecule has 1 N–H and O–H groups in total. The first-order valence-corrected chi connectivity index (χ1v) is 11.5. The van der Waals surface area contributed by atoms with Gasteiger partial charge in [-0.2, -0.15) is 0 Å². The fourth-order valence-electron chi connectivity index (χ4n) is 3.62. The Morgan fingerprint density at radius 3 is 2.45 bits per heavy atom. The van der Waals surface area contributed by atoms with Crippen molar-refractivity contribution in [1.29, 1.82) is 0 Å². The zero-order valence-corrected chi connectivity index (χ0v) is 17.7. The number of hydrazine groups is 1. The monoisotopic (exact) mass is 416 g/mol. The average Bonchev–Trinajstić information content (AvgIpc) is 3.25. The molecule has 7 heteroatoms. The summed E-state index contributed by atoms with van der Waals surface area (Å²) in [5.74, 6) is 0.00802. The highest BCUT2D eigenvalue weighted by Gasteiger charge is 2.28. The normalized spacial score (nSPS) is 15.8. The van der Waals surface area contributed by atoms with Crippen molar-refractivity contribution in [2.75, 3.05) is 20.2 Å². The molecule has 1 unspecified atom stereocenters. The summed E-state index contributed by atoms with van der Waals surface area (Å²) < 4.78 is 31.9. The van der Waals surface area contributed by atoms with Crippen molar-refractivity contribution in [2.45, 2.75) is 42.8 Å². The van der Waals surface area contributed by atoms with Gasteiger partial charge in [0.1, 0.15) is 5.75 Å². The van der Waals surface area contributed by atoms with E-state index in [-0.39, 0.29) is 16.4 Å². The van der Waals surface area contributed by atoms with Crippen LogP contribution in [0.15, 0.2) is 53.4 Å². The van der Waals surface area contributed by atoms with Crippen LogP contribution in [-0.4, -0.2) is 44.8 Å². The van der Waals surface area contributed by atoms with E-state index in [4.69, 9.17) is 4.74 Å². The topological polar surface area (TPSA) is 75.7 Å². The van der Waals surface area contributed by atoms with Gasteiger partial charge in [0.05, 0.1) is 22.8 Å². The van der Waals surface area contributed by atoms with Crippen molar-refractivity contribution in [1.82, 2.24) is 10.4 Å². The molecule has 0 aromatic heterocycles. The Morgan fingerprint density at radius 1 is 1.14 bits per heavy atom. The maximum atomic E-state index is 13.3. The Bertz CT molecular complexity index is 939. The van der Waals surface area contributed by atoms with Crippen molar-refractivity contribution < 1.29 is 17.9 Å². The highest BCUT2D eigenvalue weighted by molar-refractivity contribution is 7.92. The largest absolute Gasteiger partial charge is 0.496 e. The molecule has 0 aliphatic carbocycles. The van der Waals surface area contributed by atoms with E-state index in [1.165, 1.54) is 19.2 Å². The summed E-state index contributed by atoms with van der Waals surface area (Å²) in [6.07, 6.45) is 2.98. The molecule has 2 aromatic rings. The van der Waals surface area contributed by atoms with Crippen LogP contribution in [0.3, 0.4) is 0 Å². The van der Waals surface area contributed by atoms with Crippen LogP contribution in [0.25, 0.3) is 0 Å². The zero-order chi connectivity index (χ0) is 20.9. The van der Waals surface area contributed by atoms with Crippen molar-refractivity contribution >= 4 is 15.7 Å². The third-order valence-corrected chi connectivity index (χ3v) is 7.60. The minimum Gasteiger partial charge on any atom is -0.496 e. The van der Waals surface area contributed by atoms with E-state index in [9.17, 15) is 13.2 Å². The fourth-order valence-corrected chi connectivity index (χ4v) is 5.39. The minimum absolute atomic E-state index is 0.146. The van der Waals surface area contributed by atoms with Crippen LogP contribution < -0.4 is 10.2 Å². The number of nitrogens with zero attached hydrogens (tertiary/aromatic N) is 1. The molecule has 0 spiro atoms. The van der Waals surface area contributed by atoms with Gasteiger partial charge in [0.15, 0.2) is 9.84 Å². The van der Waals surface area contributed by atoms with Crippen LogP contribution in [0.4, 0.5) is 0 Å². The molecule has 1 fully saturated rings. The Balaban J connectivity index is 1.88. The number of nitrogens with one attached hydrogen (secondary N) is 1. The number of carbonyl (C=O) groups is 1. The van der Waals surface area contributed by atoms with E-state index in [0.29, 0.717) is 18.6 Å². The van der Waals surface area contributed by atoms with Crippen LogP contribution in [-0.2, 0) is 16.3 Å². The lowest BCUT2D eigenvalue weighted by Gasteiger charge is -2.19. The number of sulfone groups is 1. The van der Waals surface area contributed by atoms with Crippen LogP contribution in [0.5, 0.6) is 5.75 Å². The first kappa shape index (κ1) is 21.3. The van der Waals surface area contributed by atoms with Crippen LogP contribution >= 0.6 is 0 Å². The summed E-state index contributed by atoms with van der Waals surface area (Å²) in [5.41, 5.74) is 4.06. The maximum Gasteiger partial charge on any atom is 0.269 e. The molecule has 1 saturated heterocycles. The molecule has 156 valence electrons.